The summed E-state index contributed by atoms with van der Waals surface area (Å²) in [6, 6.07) is 5.62. The maximum absolute atomic E-state index is 5.40. The summed E-state index contributed by atoms with van der Waals surface area (Å²) in [6.45, 7) is 5.18. The summed E-state index contributed by atoms with van der Waals surface area (Å²) < 4.78 is 10.8. The molecular formula is C10H14O2S. The summed E-state index contributed by atoms with van der Waals surface area (Å²) in [7, 11) is 0. The van der Waals surface area contributed by atoms with Gasteiger partial charge in [0.15, 0.2) is 11.5 Å². The van der Waals surface area contributed by atoms with Gasteiger partial charge in [0.05, 0.1) is 13.2 Å². The normalized spacial score (nSPS) is 9.77. The van der Waals surface area contributed by atoms with Gasteiger partial charge in [-0.15, -0.1) is 12.6 Å². The van der Waals surface area contributed by atoms with Crippen LogP contribution >= 0.6 is 12.6 Å². The van der Waals surface area contributed by atoms with Crippen LogP contribution < -0.4 is 9.47 Å². The van der Waals surface area contributed by atoms with Crippen LogP contribution in [0.2, 0.25) is 0 Å². The Morgan fingerprint density at radius 1 is 1.08 bits per heavy atom. The van der Waals surface area contributed by atoms with E-state index in [2.05, 4.69) is 12.6 Å². The molecule has 0 N–H and O–H groups in total. The molecule has 0 atom stereocenters. The van der Waals surface area contributed by atoms with Crippen molar-refractivity contribution in [3.8, 4) is 11.5 Å². The molecule has 0 fully saturated rings. The summed E-state index contributed by atoms with van der Waals surface area (Å²) in [6.07, 6.45) is 0. The minimum Gasteiger partial charge on any atom is -0.490 e. The van der Waals surface area contributed by atoms with Crippen molar-refractivity contribution < 1.29 is 9.47 Å². The monoisotopic (exact) mass is 198 g/mol. The summed E-state index contributed by atoms with van der Waals surface area (Å²) >= 11 is 4.23. The summed E-state index contributed by atoms with van der Waals surface area (Å²) in [5.41, 5.74) is 0. The van der Waals surface area contributed by atoms with Crippen molar-refractivity contribution in [2.75, 3.05) is 13.2 Å². The highest BCUT2D eigenvalue weighted by Crippen LogP contribution is 2.29. The molecule has 0 unspecified atom stereocenters. The second-order valence-electron chi connectivity index (χ2n) is 2.50. The van der Waals surface area contributed by atoms with Crippen LogP contribution in [-0.2, 0) is 0 Å². The van der Waals surface area contributed by atoms with E-state index in [4.69, 9.17) is 9.47 Å². The number of ether oxygens (including phenoxy) is 2. The SMILES string of the molecule is CCOc1ccc(S)cc1OCC. The number of rotatable bonds is 4. The third-order valence-corrected chi connectivity index (χ3v) is 1.81. The summed E-state index contributed by atoms with van der Waals surface area (Å²) in [4.78, 5) is 0.881. The van der Waals surface area contributed by atoms with Gasteiger partial charge in [-0.2, -0.15) is 0 Å². The lowest BCUT2D eigenvalue weighted by molar-refractivity contribution is 0.287. The molecule has 0 radical (unpaired) electrons. The molecule has 0 saturated heterocycles. The molecule has 3 heteroatoms. The maximum Gasteiger partial charge on any atom is 0.162 e. The predicted molar refractivity (Wildman–Crippen MR) is 56.0 cm³/mol. The van der Waals surface area contributed by atoms with Crippen molar-refractivity contribution in [3.05, 3.63) is 18.2 Å². The van der Waals surface area contributed by atoms with Crippen molar-refractivity contribution in [3.63, 3.8) is 0 Å². The largest absolute Gasteiger partial charge is 0.490 e. The second kappa shape index (κ2) is 5.02. The van der Waals surface area contributed by atoms with Gasteiger partial charge in [0.2, 0.25) is 0 Å². The van der Waals surface area contributed by atoms with Crippen molar-refractivity contribution in [2.45, 2.75) is 18.7 Å². The first kappa shape index (κ1) is 10.3. The van der Waals surface area contributed by atoms with Crippen LogP contribution in [0.3, 0.4) is 0 Å². The standard InChI is InChI=1S/C10H14O2S/c1-3-11-9-6-5-8(13)7-10(9)12-4-2/h5-7,13H,3-4H2,1-2H3. The first-order chi connectivity index (χ1) is 6.27. The van der Waals surface area contributed by atoms with E-state index in [1.165, 1.54) is 0 Å². The third kappa shape index (κ3) is 2.84. The molecule has 1 aromatic rings. The summed E-state index contributed by atoms with van der Waals surface area (Å²) in [5.74, 6) is 1.54. The van der Waals surface area contributed by atoms with Gasteiger partial charge < -0.3 is 9.47 Å². The highest BCUT2D eigenvalue weighted by molar-refractivity contribution is 7.80. The Kier molecular flexibility index (Phi) is 3.96. The Morgan fingerprint density at radius 3 is 2.31 bits per heavy atom. The van der Waals surface area contributed by atoms with Gasteiger partial charge in [-0.3, -0.25) is 0 Å². The lowest BCUT2D eigenvalue weighted by Crippen LogP contribution is -1.97. The first-order valence-electron chi connectivity index (χ1n) is 4.36. The van der Waals surface area contributed by atoms with Crippen molar-refractivity contribution in [1.29, 1.82) is 0 Å². The molecule has 13 heavy (non-hydrogen) atoms. The van der Waals surface area contributed by atoms with E-state index >= 15 is 0 Å². The minimum absolute atomic E-state index is 0.636. The van der Waals surface area contributed by atoms with Crippen LogP contribution in [0, 0.1) is 0 Å². The zero-order valence-electron chi connectivity index (χ0n) is 7.91. The quantitative estimate of drug-likeness (QED) is 0.750. The summed E-state index contributed by atoms with van der Waals surface area (Å²) in [5, 5.41) is 0. The Balaban J connectivity index is 2.89. The molecule has 0 aliphatic heterocycles. The Bertz CT molecular complexity index is 274. The molecule has 0 aromatic heterocycles. The van der Waals surface area contributed by atoms with Gasteiger partial charge >= 0.3 is 0 Å². The van der Waals surface area contributed by atoms with E-state index in [0.717, 1.165) is 16.4 Å². The molecule has 0 heterocycles. The van der Waals surface area contributed by atoms with Crippen LogP contribution in [0.5, 0.6) is 11.5 Å². The smallest absolute Gasteiger partial charge is 0.162 e. The Morgan fingerprint density at radius 2 is 1.69 bits per heavy atom. The molecule has 72 valence electrons. The van der Waals surface area contributed by atoms with Crippen LogP contribution in [0.15, 0.2) is 23.1 Å². The molecule has 0 saturated carbocycles. The molecule has 1 aromatic carbocycles. The van der Waals surface area contributed by atoms with E-state index in [0.29, 0.717) is 13.2 Å². The van der Waals surface area contributed by atoms with Gasteiger partial charge in [-0.1, -0.05) is 0 Å². The molecule has 0 bridgehead atoms. The third-order valence-electron chi connectivity index (χ3n) is 1.53. The maximum atomic E-state index is 5.40. The van der Waals surface area contributed by atoms with Gasteiger partial charge in [-0.05, 0) is 32.0 Å². The average Bonchev–Trinajstić information content (AvgIpc) is 2.10. The number of benzene rings is 1. The molecule has 1 rings (SSSR count). The fourth-order valence-corrected chi connectivity index (χ4v) is 1.23. The predicted octanol–water partition coefficient (Wildman–Crippen LogP) is 2.77. The molecule has 0 amide bonds. The van der Waals surface area contributed by atoms with Crippen molar-refractivity contribution in [2.24, 2.45) is 0 Å². The Hall–Kier alpha value is -0.830. The number of hydrogen-bond donors (Lipinski definition) is 1. The van der Waals surface area contributed by atoms with Crippen molar-refractivity contribution >= 4 is 12.6 Å². The first-order valence-corrected chi connectivity index (χ1v) is 4.81. The Labute approximate surface area is 84.3 Å². The van der Waals surface area contributed by atoms with E-state index < -0.39 is 0 Å². The van der Waals surface area contributed by atoms with Crippen LogP contribution in [0.1, 0.15) is 13.8 Å². The fraction of sp³-hybridized carbons (Fsp3) is 0.400. The van der Waals surface area contributed by atoms with E-state index in [1.54, 1.807) is 0 Å². The van der Waals surface area contributed by atoms with Gasteiger partial charge in [0.25, 0.3) is 0 Å². The highest BCUT2D eigenvalue weighted by Gasteiger charge is 2.03. The second-order valence-corrected chi connectivity index (χ2v) is 3.01. The molecule has 0 aliphatic carbocycles. The average molecular weight is 198 g/mol. The van der Waals surface area contributed by atoms with E-state index in [9.17, 15) is 0 Å². The van der Waals surface area contributed by atoms with Crippen molar-refractivity contribution in [1.82, 2.24) is 0 Å². The number of thiol groups is 1. The molecule has 0 spiro atoms. The molecular weight excluding hydrogens is 184 g/mol. The zero-order chi connectivity index (χ0) is 9.68. The van der Waals surface area contributed by atoms with Gasteiger partial charge in [0.1, 0.15) is 0 Å². The minimum atomic E-state index is 0.636. The fourth-order valence-electron chi connectivity index (χ4n) is 1.04. The van der Waals surface area contributed by atoms with Crippen LogP contribution in [-0.4, -0.2) is 13.2 Å². The van der Waals surface area contributed by atoms with E-state index in [-0.39, 0.29) is 0 Å². The molecule has 2 nitrogen and oxygen atoms in total. The zero-order valence-corrected chi connectivity index (χ0v) is 8.80. The lowest BCUT2D eigenvalue weighted by Gasteiger charge is -2.10. The van der Waals surface area contributed by atoms with Gasteiger partial charge in [-0.25, -0.2) is 0 Å². The highest BCUT2D eigenvalue weighted by atomic mass is 32.1. The van der Waals surface area contributed by atoms with Gasteiger partial charge in [0, 0.05) is 4.90 Å². The topological polar surface area (TPSA) is 18.5 Å². The number of hydrogen-bond acceptors (Lipinski definition) is 3. The van der Waals surface area contributed by atoms with Crippen LogP contribution in [0.4, 0.5) is 0 Å². The van der Waals surface area contributed by atoms with Crippen LogP contribution in [0.25, 0.3) is 0 Å². The van der Waals surface area contributed by atoms with E-state index in [1.807, 2.05) is 32.0 Å². The molecule has 0 aliphatic rings. The lowest BCUT2D eigenvalue weighted by atomic mass is 10.3.